The van der Waals surface area contributed by atoms with Crippen LogP contribution in [0.3, 0.4) is 0 Å². The molecule has 1 rings (SSSR count). The molecule has 0 aliphatic rings. The Morgan fingerprint density at radius 2 is 2.21 bits per heavy atom. The van der Waals surface area contributed by atoms with E-state index in [-0.39, 0.29) is 11.9 Å². The lowest BCUT2D eigenvalue weighted by Crippen LogP contribution is -2.23. The lowest BCUT2D eigenvalue weighted by molar-refractivity contribution is 0.408. The quantitative estimate of drug-likeness (QED) is 0.710. The van der Waals surface area contributed by atoms with Crippen molar-refractivity contribution in [2.75, 3.05) is 13.7 Å². The monoisotopic (exact) mass is 265 g/mol. The standard InChI is InChI=1S/C16H24FNO/c1-5-10-18-16(9-6-12(2)3)14-8-7-13(19-4)11-15(14)17/h7-8,11,16,18H,2,5-6,9-10H2,1,3-4H3. The largest absolute Gasteiger partial charge is 0.497 e. The average Bonchev–Trinajstić information content (AvgIpc) is 2.39. The highest BCUT2D eigenvalue weighted by molar-refractivity contribution is 5.31. The second-order valence-electron chi connectivity index (χ2n) is 4.89. The van der Waals surface area contributed by atoms with Crippen LogP contribution in [0, 0.1) is 5.82 Å². The van der Waals surface area contributed by atoms with Crippen molar-refractivity contribution in [2.24, 2.45) is 0 Å². The van der Waals surface area contributed by atoms with E-state index >= 15 is 0 Å². The van der Waals surface area contributed by atoms with Gasteiger partial charge >= 0.3 is 0 Å². The molecule has 0 heterocycles. The van der Waals surface area contributed by atoms with Crippen molar-refractivity contribution in [2.45, 2.75) is 39.2 Å². The molecule has 0 saturated carbocycles. The molecule has 0 amide bonds. The molecule has 0 saturated heterocycles. The fourth-order valence-electron chi connectivity index (χ4n) is 1.99. The number of ether oxygens (including phenoxy) is 1. The third-order valence-corrected chi connectivity index (χ3v) is 3.08. The van der Waals surface area contributed by atoms with Crippen LogP contribution in [0.2, 0.25) is 0 Å². The molecule has 3 heteroatoms. The van der Waals surface area contributed by atoms with Crippen LogP contribution >= 0.6 is 0 Å². The average molecular weight is 265 g/mol. The summed E-state index contributed by atoms with van der Waals surface area (Å²) in [6, 6.07) is 5.08. The molecule has 0 bridgehead atoms. The number of methoxy groups -OCH3 is 1. The number of allylic oxidation sites excluding steroid dienone is 1. The molecule has 0 aliphatic carbocycles. The van der Waals surface area contributed by atoms with E-state index < -0.39 is 0 Å². The second-order valence-corrected chi connectivity index (χ2v) is 4.89. The maximum absolute atomic E-state index is 14.1. The summed E-state index contributed by atoms with van der Waals surface area (Å²) in [5.41, 5.74) is 1.83. The summed E-state index contributed by atoms with van der Waals surface area (Å²) in [6.45, 7) is 8.90. The van der Waals surface area contributed by atoms with Crippen molar-refractivity contribution < 1.29 is 9.13 Å². The number of benzene rings is 1. The molecule has 106 valence electrons. The van der Waals surface area contributed by atoms with Crippen molar-refractivity contribution in [3.63, 3.8) is 0 Å². The predicted octanol–water partition coefficient (Wildman–Crippen LogP) is 4.23. The molecule has 0 aromatic heterocycles. The summed E-state index contributed by atoms with van der Waals surface area (Å²) >= 11 is 0. The third kappa shape index (κ3) is 5.03. The van der Waals surface area contributed by atoms with Gasteiger partial charge in [0.2, 0.25) is 0 Å². The van der Waals surface area contributed by atoms with Crippen LogP contribution in [0.25, 0.3) is 0 Å². The molecule has 1 unspecified atom stereocenters. The van der Waals surface area contributed by atoms with Crippen molar-refractivity contribution >= 4 is 0 Å². The van der Waals surface area contributed by atoms with E-state index in [9.17, 15) is 4.39 Å². The minimum absolute atomic E-state index is 0.0301. The Morgan fingerprint density at radius 1 is 1.47 bits per heavy atom. The molecule has 19 heavy (non-hydrogen) atoms. The minimum Gasteiger partial charge on any atom is -0.497 e. The van der Waals surface area contributed by atoms with Crippen LogP contribution in [-0.2, 0) is 0 Å². The summed E-state index contributed by atoms with van der Waals surface area (Å²) < 4.78 is 19.1. The van der Waals surface area contributed by atoms with Gasteiger partial charge in [-0.25, -0.2) is 4.39 Å². The zero-order valence-corrected chi connectivity index (χ0v) is 12.1. The third-order valence-electron chi connectivity index (χ3n) is 3.08. The fraction of sp³-hybridized carbons (Fsp3) is 0.500. The van der Waals surface area contributed by atoms with Crippen LogP contribution in [0.4, 0.5) is 4.39 Å². The smallest absolute Gasteiger partial charge is 0.131 e. The molecule has 1 aromatic carbocycles. The van der Waals surface area contributed by atoms with Crippen LogP contribution in [0.5, 0.6) is 5.75 Å². The van der Waals surface area contributed by atoms with Gasteiger partial charge in [-0.05, 0) is 38.8 Å². The Kier molecular flexibility index (Phi) is 6.57. The Bertz CT molecular complexity index is 417. The lowest BCUT2D eigenvalue weighted by Gasteiger charge is -2.20. The van der Waals surface area contributed by atoms with Crippen LogP contribution in [0.1, 0.15) is 44.7 Å². The minimum atomic E-state index is -0.213. The molecule has 2 nitrogen and oxygen atoms in total. The van der Waals surface area contributed by atoms with Crippen LogP contribution in [-0.4, -0.2) is 13.7 Å². The normalized spacial score (nSPS) is 12.2. The van der Waals surface area contributed by atoms with Gasteiger partial charge in [-0.15, -0.1) is 6.58 Å². The Balaban J connectivity index is 2.85. The zero-order valence-electron chi connectivity index (χ0n) is 12.1. The van der Waals surface area contributed by atoms with Crippen LogP contribution in [0.15, 0.2) is 30.4 Å². The molecule has 1 N–H and O–H groups in total. The maximum Gasteiger partial charge on any atom is 0.131 e. The molecule has 1 atom stereocenters. The molecule has 0 fully saturated rings. The van der Waals surface area contributed by atoms with E-state index in [4.69, 9.17) is 4.74 Å². The van der Waals surface area contributed by atoms with Crippen molar-refractivity contribution in [3.05, 3.63) is 41.7 Å². The van der Waals surface area contributed by atoms with Crippen molar-refractivity contribution in [1.82, 2.24) is 5.32 Å². The van der Waals surface area contributed by atoms with Gasteiger partial charge < -0.3 is 10.1 Å². The zero-order chi connectivity index (χ0) is 14.3. The summed E-state index contributed by atoms with van der Waals surface area (Å²) in [7, 11) is 1.54. The van der Waals surface area contributed by atoms with Crippen molar-refractivity contribution in [1.29, 1.82) is 0 Å². The first-order valence-electron chi connectivity index (χ1n) is 6.79. The number of rotatable bonds is 8. The van der Waals surface area contributed by atoms with E-state index in [0.29, 0.717) is 11.3 Å². The predicted molar refractivity (Wildman–Crippen MR) is 78.0 cm³/mol. The highest BCUT2D eigenvalue weighted by Crippen LogP contribution is 2.26. The highest BCUT2D eigenvalue weighted by Gasteiger charge is 2.15. The first-order valence-corrected chi connectivity index (χ1v) is 6.79. The van der Waals surface area contributed by atoms with Gasteiger partial charge in [0.25, 0.3) is 0 Å². The molecule has 0 aliphatic heterocycles. The number of nitrogens with one attached hydrogen (secondary N) is 1. The fourth-order valence-corrected chi connectivity index (χ4v) is 1.99. The topological polar surface area (TPSA) is 21.3 Å². The van der Waals surface area contributed by atoms with Gasteiger partial charge in [0.05, 0.1) is 7.11 Å². The van der Waals surface area contributed by atoms with E-state index in [1.165, 1.54) is 6.07 Å². The summed E-state index contributed by atoms with van der Waals surface area (Å²) in [6.07, 6.45) is 2.78. The van der Waals surface area contributed by atoms with Gasteiger partial charge in [-0.3, -0.25) is 0 Å². The van der Waals surface area contributed by atoms with Gasteiger partial charge in [-0.2, -0.15) is 0 Å². The van der Waals surface area contributed by atoms with E-state index in [1.807, 2.05) is 6.92 Å². The molecule has 0 radical (unpaired) electrons. The SMILES string of the molecule is C=C(C)CCC(NCCC)c1ccc(OC)cc1F. The van der Waals surface area contributed by atoms with E-state index in [2.05, 4.69) is 18.8 Å². The van der Waals surface area contributed by atoms with Crippen LogP contribution < -0.4 is 10.1 Å². The number of halogens is 1. The Labute approximate surface area is 115 Å². The summed E-state index contributed by atoms with van der Waals surface area (Å²) in [5.74, 6) is 0.338. The van der Waals surface area contributed by atoms with Gasteiger partial charge in [0.1, 0.15) is 11.6 Å². The van der Waals surface area contributed by atoms with Gasteiger partial charge in [-0.1, -0.05) is 18.6 Å². The number of hydrogen-bond acceptors (Lipinski definition) is 2. The first-order chi connectivity index (χ1) is 9.08. The summed E-state index contributed by atoms with van der Waals surface area (Å²) in [4.78, 5) is 0. The first kappa shape index (κ1) is 15.7. The number of hydrogen-bond donors (Lipinski definition) is 1. The summed E-state index contributed by atoms with van der Waals surface area (Å²) in [5, 5.41) is 3.40. The Morgan fingerprint density at radius 3 is 2.74 bits per heavy atom. The molecular weight excluding hydrogens is 241 g/mol. The van der Waals surface area contributed by atoms with E-state index in [1.54, 1.807) is 19.2 Å². The van der Waals surface area contributed by atoms with Gasteiger partial charge in [0, 0.05) is 17.7 Å². The maximum atomic E-state index is 14.1. The Hall–Kier alpha value is -1.35. The van der Waals surface area contributed by atoms with Gasteiger partial charge in [0.15, 0.2) is 0 Å². The van der Waals surface area contributed by atoms with Crippen molar-refractivity contribution in [3.8, 4) is 5.75 Å². The highest BCUT2D eigenvalue weighted by atomic mass is 19.1. The molecular formula is C16H24FNO. The van der Waals surface area contributed by atoms with E-state index in [0.717, 1.165) is 31.4 Å². The second kappa shape index (κ2) is 7.95. The lowest BCUT2D eigenvalue weighted by atomic mass is 9.99. The molecule has 1 aromatic rings. The molecule has 0 spiro atoms.